The second kappa shape index (κ2) is 3.38. The maximum atomic E-state index is 10.6. The van der Waals surface area contributed by atoms with Gasteiger partial charge in [-0.15, -0.1) is 5.16 Å². The van der Waals surface area contributed by atoms with Crippen LogP contribution in [0.4, 0.5) is 5.69 Å². The highest BCUT2D eigenvalue weighted by Crippen LogP contribution is 2.13. The first kappa shape index (κ1) is 8.77. The summed E-state index contributed by atoms with van der Waals surface area (Å²) in [4.78, 5) is 20.2. The normalized spacial score (nSPS) is 10.9. The van der Waals surface area contributed by atoms with E-state index < -0.39 is 12.9 Å². The first-order chi connectivity index (χ1) is 5.61. The van der Waals surface area contributed by atoms with Gasteiger partial charge in [0, 0.05) is 12.1 Å². The number of nitro groups is 1. The Bertz CT molecular complexity index is 289. The minimum Gasteiger partial charge on any atom is -0.608 e. The van der Waals surface area contributed by atoms with E-state index in [-0.39, 0.29) is 5.69 Å². The largest absolute Gasteiger partial charge is 0.608 e. The van der Waals surface area contributed by atoms with Gasteiger partial charge in [0.1, 0.15) is 0 Å². The first-order valence-electron chi connectivity index (χ1n) is 3.04. The number of hydrogen-bond donors (Lipinski definition) is 1. The van der Waals surface area contributed by atoms with E-state index in [1.807, 2.05) is 0 Å². The van der Waals surface area contributed by atoms with Gasteiger partial charge in [-0.25, -0.2) is 0 Å². The zero-order valence-corrected chi connectivity index (χ0v) is 6.82. The summed E-state index contributed by atoms with van der Waals surface area (Å²) in [5, 5.41) is 17.3. The number of rotatable bonds is 2. The molecule has 0 aliphatic rings. The van der Waals surface area contributed by atoms with Crippen LogP contribution in [-0.4, -0.2) is 4.92 Å². The highest BCUT2D eigenvalue weighted by molar-refractivity contribution is 7.47. The summed E-state index contributed by atoms with van der Waals surface area (Å²) in [6.07, 6.45) is 0. The monoisotopic (exact) mass is 184 g/mol. The summed E-state index contributed by atoms with van der Waals surface area (Å²) in [6.45, 7) is 0. The SMILES string of the molecule is N=[P+]([O-])c1ccc([N+](=O)[O-])cc1. The van der Waals surface area contributed by atoms with Crippen molar-refractivity contribution in [2.45, 2.75) is 0 Å². The van der Waals surface area contributed by atoms with Crippen LogP contribution in [0.15, 0.2) is 24.3 Å². The lowest BCUT2D eigenvalue weighted by atomic mass is 10.3. The molecule has 0 amide bonds. The lowest BCUT2D eigenvalue weighted by Crippen LogP contribution is -2.03. The van der Waals surface area contributed by atoms with Crippen LogP contribution in [0.3, 0.4) is 0 Å². The van der Waals surface area contributed by atoms with Crippen molar-refractivity contribution < 1.29 is 9.82 Å². The van der Waals surface area contributed by atoms with Gasteiger partial charge in [0.2, 0.25) is 0 Å². The number of non-ortho nitro benzene ring substituents is 1. The van der Waals surface area contributed by atoms with Crippen molar-refractivity contribution in [1.82, 2.24) is 0 Å². The molecule has 1 aromatic carbocycles. The molecule has 1 aromatic rings. The van der Waals surface area contributed by atoms with Gasteiger partial charge in [0.15, 0.2) is 13.2 Å². The van der Waals surface area contributed by atoms with Crippen LogP contribution in [-0.2, 0) is 0 Å². The van der Waals surface area contributed by atoms with Crippen molar-refractivity contribution in [3.05, 3.63) is 34.4 Å². The van der Waals surface area contributed by atoms with Crippen molar-refractivity contribution in [3.8, 4) is 0 Å². The maximum Gasteiger partial charge on any atom is 0.269 e. The van der Waals surface area contributed by atoms with E-state index in [1.54, 1.807) is 0 Å². The molecule has 0 saturated carbocycles. The molecule has 0 fully saturated rings. The third kappa shape index (κ3) is 1.84. The van der Waals surface area contributed by atoms with Gasteiger partial charge in [-0.3, -0.25) is 10.1 Å². The van der Waals surface area contributed by atoms with Crippen molar-refractivity contribution in [2.75, 3.05) is 0 Å². The average molecular weight is 184 g/mol. The van der Waals surface area contributed by atoms with E-state index in [0.29, 0.717) is 5.30 Å². The molecule has 12 heavy (non-hydrogen) atoms. The van der Waals surface area contributed by atoms with Crippen LogP contribution in [0.2, 0.25) is 0 Å². The summed E-state index contributed by atoms with van der Waals surface area (Å²) in [5.41, 5.74) is -0.0596. The molecule has 0 spiro atoms. The second-order valence-corrected chi connectivity index (χ2v) is 3.17. The van der Waals surface area contributed by atoms with Gasteiger partial charge in [-0.2, -0.15) is 0 Å². The Balaban J connectivity index is 3.01. The van der Waals surface area contributed by atoms with E-state index in [9.17, 15) is 15.0 Å². The molecule has 5 nitrogen and oxygen atoms in total. The van der Waals surface area contributed by atoms with Crippen LogP contribution in [0.5, 0.6) is 0 Å². The first-order valence-corrected chi connectivity index (χ1v) is 4.30. The van der Waals surface area contributed by atoms with Crippen molar-refractivity contribution in [2.24, 2.45) is 0 Å². The third-order valence-corrected chi connectivity index (χ3v) is 2.06. The summed E-state index contributed by atoms with van der Waals surface area (Å²) in [6, 6.07) is 5.11. The van der Waals surface area contributed by atoms with E-state index in [1.165, 1.54) is 24.3 Å². The van der Waals surface area contributed by atoms with Gasteiger partial charge in [-0.05, 0) is 12.1 Å². The predicted octanol–water partition coefficient (Wildman–Crippen LogP) is 0.740. The second-order valence-electron chi connectivity index (χ2n) is 2.07. The number of hydrogen-bond acceptors (Lipinski definition) is 4. The van der Waals surface area contributed by atoms with Gasteiger partial charge >= 0.3 is 0 Å². The Hall–Kier alpha value is -1.32. The van der Waals surface area contributed by atoms with Crippen LogP contribution in [0.25, 0.3) is 0 Å². The van der Waals surface area contributed by atoms with Crippen molar-refractivity contribution >= 4 is 18.9 Å². The van der Waals surface area contributed by atoms with Gasteiger partial charge in [0.25, 0.3) is 5.69 Å². The molecule has 0 saturated heterocycles. The van der Waals surface area contributed by atoms with E-state index in [0.717, 1.165) is 0 Å². The molecule has 1 atom stereocenters. The molecule has 0 bridgehead atoms. The fourth-order valence-electron chi connectivity index (χ4n) is 0.710. The van der Waals surface area contributed by atoms with Crippen LogP contribution in [0, 0.1) is 15.3 Å². The van der Waals surface area contributed by atoms with Crippen LogP contribution >= 0.6 is 7.94 Å². The fourth-order valence-corrected chi connectivity index (χ4v) is 1.13. The molecule has 1 rings (SSSR count). The fraction of sp³-hybridized carbons (Fsp3) is 0. The zero-order chi connectivity index (χ0) is 9.14. The van der Waals surface area contributed by atoms with Gasteiger partial charge in [0.05, 0.1) is 4.92 Å². The molecule has 6 heteroatoms. The molecular weight excluding hydrogens is 179 g/mol. The zero-order valence-electron chi connectivity index (χ0n) is 5.93. The lowest BCUT2D eigenvalue weighted by Gasteiger charge is -1.92. The van der Waals surface area contributed by atoms with Crippen LogP contribution < -0.4 is 10.2 Å². The van der Waals surface area contributed by atoms with E-state index >= 15 is 0 Å². The smallest absolute Gasteiger partial charge is 0.269 e. The molecule has 0 aliphatic heterocycles. The minimum atomic E-state index is -2.15. The standard InChI is InChI=1S/C6H5N2O3P/c7-12(11)6-3-1-5(2-4-6)8(9)10/h1-4,7H. The summed E-state index contributed by atoms with van der Waals surface area (Å²) >= 11 is 0. The van der Waals surface area contributed by atoms with Crippen LogP contribution in [0.1, 0.15) is 0 Å². The third-order valence-electron chi connectivity index (χ3n) is 1.30. The van der Waals surface area contributed by atoms with Crippen molar-refractivity contribution in [3.63, 3.8) is 0 Å². The van der Waals surface area contributed by atoms with Crippen molar-refractivity contribution in [1.29, 1.82) is 5.16 Å². The Labute approximate surface area is 69.2 Å². The Kier molecular flexibility index (Phi) is 2.47. The minimum absolute atomic E-state index is 0.0596. The maximum absolute atomic E-state index is 10.6. The highest BCUT2D eigenvalue weighted by Gasteiger charge is 2.07. The average Bonchev–Trinajstić information content (AvgIpc) is 2.04. The van der Waals surface area contributed by atoms with E-state index in [2.05, 4.69) is 0 Å². The molecule has 1 N–H and O–H groups in total. The highest BCUT2D eigenvalue weighted by atomic mass is 31.1. The molecular formula is C6H5N2O3P. The Morgan fingerprint density at radius 1 is 1.33 bits per heavy atom. The van der Waals surface area contributed by atoms with Gasteiger partial charge < -0.3 is 4.89 Å². The predicted molar refractivity (Wildman–Crippen MR) is 42.4 cm³/mol. The Morgan fingerprint density at radius 3 is 2.17 bits per heavy atom. The quantitative estimate of drug-likeness (QED) is 0.417. The summed E-state index contributed by atoms with van der Waals surface area (Å²) in [7, 11) is -2.15. The molecule has 0 aromatic heterocycles. The number of benzene rings is 1. The number of nitrogens with zero attached hydrogens (tertiary/aromatic N) is 1. The number of nitrogens with one attached hydrogen (secondary N) is 1. The molecule has 0 heterocycles. The molecule has 62 valence electrons. The number of nitro benzene ring substituents is 1. The molecule has 0 radical (unpaired) electrons. The topological polar surface area (TPSA) is 90.0 Å². The van der Waals surface area contributed by atoms with E-state index in [4.69, 9.17) is 5.16 Å². The summed E-state index contributed by atoms with van der Waals surface area (Å²) in [5.74, 6) is 0. The molecule has 0 aliphatic carbocycles. The Morgan fingerprint density at radius 2 is 1.83 bits per heavy atom. The summed E-state index contributed by atoms with van der Waals surface area (Å²) < 4.78 is 0. The lowest BCUT2D eigenvalue weighted by molar-refractivity contribution is -0.384. The van der Waals surface area contributed by atoms with Gasteiger partial charge in [-0.1, -0.05) is 0 Å². The molecule has 1 unspecified atom stereocenters.